The van der Waals surface area contributed by atoms with Crippen LogP contribution in [0.5, 0.6) is 0 Å². The zero-order chi connectivity index (χ0) is 12.8. The molecule has 1 heterocycles. The van der Waals surface area contributed by atoms with E-state index in [2.05, 4.69) is 22.2 Å². The predicted molar refractivity (Wildman–Crippen MR) is 72.6 cm³/mol. The quantitative estimate of drug-likeness (QED) is 0.783. The Morgan fingerprint density at radius 1 is 1.44 bits per heavy atom. The van der Waals surface area contributed by atoms with Crippen LogP contribution in [-0.2, 0) is 0 Å². The Morgan fingerprint density at radius 2 is 2.22 bits per heavy atom. The van der Waals surface area contributed by atoms with Crippen molar-refractivity contribution in [2.24, 2.45) is 0 Å². The standard InChI is InChI=1S/C14H19N3O/c1-2-9-15-12-7-8-13(16-10-12)14(18)17-11-5-3-4-6-11/h2,7-8,10-11,15H,1,3-6,9H2,(H,17,18). The summed E-state index contributed by atoms with van der Waals surface area (Å²) in [5.41, 5.74) is 1.37. The van der Waals surface area contributed by atoms with Gasteiger partial charge < -0.3 is 10.6 Å². The highest BCUT2D eigenvalue weighted by Crippen LogP contribution is 2.18. The first kappa shape index (κ1) is 12.6. The van der Waals surface area contributed by atoms with E-state index in [-0.39, 0.29) is 5.91 Å². The third-order valence-corrected chi connectivity index (χ3v) is 3.14. The fourth-order valence-corrected chi connectivity index (χ4v) is 2.15. The molecule has 0 atom stereocenters. The number of aromatic nitrogens is 1. The highest BCUT2D eigenvalue weighted by atomic mass is 16.1. The van der Waals surface area contributed by atoms with E-state index in [1.165, 1.54) is 12.8 Å². The Kier molecular flexibility index (Phi) is 4.34. The fraction of sp³-hybridized carbons (Fsp3) is 0.429. The molecule has 0 spiro atoms. The first-order chi connectivity index (χ1) is 8.79. The van der Waals surface area contributed by atoms with Gasteiger partial charge in [-0.1, -0.05) is 18.9 Å². The van der Waals surface area contributed by atoms with Crippen molar-refractivity contribution in [3.8, 4) is 0 Å². The van der Waals surface area contributed by atoms with Crippen LogP contribution in [0.25, 0.3) is 0 Å². The minimum absolute atomic E-state index is 0.0721. The topological polar surface area (TPSA) is 54.0 Å². The van der Waals surface area contributed by atoms with E-state index in [9.17, 15) is 4.79 Å². The number of nitrogens with one attached hydrogen (secondary N) is 2. The maximum atomic E-state index is 11.9. The minimum atomic E-state index is -0.0721. The molecule has 4 heteroatoms. The summed E-state index contributed by atoms with van der Waals surface area (Å²) >= 11 is 0. The summed E-state index contributed by atoms with van der Waals surface area (Å²) in [6.45, 7) is 4.32. The molecule has 1 aromatic rings. The lowest BCUT2D eigenvalue weighted by molar-refractivity contribution is 0.0933. The molecule has 18 heavy (non-hydrogen) atoms. The van der Waals surface area contributed by atoms with Crippen LogP contribution in [0.15, 0.2) is 31.0 Å². The Balaban J connectivity index is 1.91. The van der Waals surface area contributed by atoms with Crippen molar-refractivity contribution >= 4 is 11.6 Å². The molecule has 1 saturated carbocycles. The summed E-state index contributed by atoms with van der Waals surface area (Å²) in [7, 11) is 0. The highest BCUT2D eigenvalue weighted by Gasteiger charge is 2.18. The molecular weight excluding hydrogens is 226 g/mol. The number of amides is 1. The fourth-order valence-electron chi connectivity index (χ4n) is 2.15. The van der Waals surface area contributed by atoms with Gasteiger partial charge in [-0.15, -0.1) is 6.58 Å². The van der Waals surface area contributed by atoms with Crippen molar-refractivity contribution in [3.63, 3.8) is 0 Å². The molecule has 2 N–H and O–H groups in total. The second-order valence-corrected chi connectivity index (χ2v) is 4.56. The van der Waals surface area contributed by atoms with E-state index in [0.29, 0.717) is 18.3 Å². The molecule has 0 unspecified atom stereocenters. The van der Waals surface area contributed by atoms with Gasteiger partial charge in [0.05, 0.1) is 11.9 Å². The molecule has 0 aromatic carbocycles. The average Bonchev–Trinajstić information content (AvgIpc) is 2.89. The van der Waals surface area contributed by atoms with E-state index >= 15 is 0 Å². The Labute approximate surface area is 108 Å². The van der Waals surface area contributed by atoms with Gasteiger partial charge >= 0.3 is 0 Å². The van der Waals surface area contributed by atoms with Crippen LogP contribution >= 0.6 is 0 Å². The van der Waals surface area contributed by atoms with Crippen LogP contribution in [0.2, 0.25) is 0 Å². The van der Waals surface area contributed by atoms with Crippen LogP contribution in [0.1, 0.15) is 36.2 Å². The molecule has 2 rings (SSSR count). The number of carbonyl (C=O) groups is 1. The van der Waals surface area contributed by atoms with Crippen molar-refractivity contribution in [2.75, 3.05) is 11.9 Å². The van der Waals surface area contributed by atoms with E-state index in [1.54, 1.807) is 18.3 Å². The number of hydrogen-bond acceptors (Lipinski definition) is 3. The number of nitrogens with zero attached hydrogens (tertiary/aromatic N) is 1. The zero-order valence-electron chi connectivity index (χ0n) is 10.5. The molecule has 0 bridgehead atoms. The summed E-state index contributed by atoms with van der Waals surface area (Å²) < 4.78 is 0. The maximum absolute atomic E-state index is 11.9. The molecule has 1 aromatic heterocycles. The number of hydrogen-bond donors (Lipinski definition) is 2. The lowest BCUT2D eigenvalue weighted by atomic mass is 10.2. The summed E-state index contributed by atoms with van der Waals surface area (Å²) in [5, 5.41) is 6.14. The first-order valence-electron chi connectivity index (χ1n) is 6.41. The van der Waals surface area contributed by atoms with E-state index in [0.717, 1.165) is 18.5 Å². The third-order valence-electron chi connectivity index (χ3n) is 3.14. The first-order valence-corrected chi connectivity index (χ1v) is 6.41. The van der Waals surface area contributed by atoms with Gasteiger partial charge in [-0.05, 0) is 25.0 Å². The van der Waals surface area contributed by atoms with Crippen LogP contribution in [-0.4, -0.2) is 23.5 Å². The average molecular weight is 245 g/mol. The normalized spacial score (nSPS) is 15.3. The summed E-state index contributed by atoms with van der Waals surface area (Å²) in [6, 6.07) is 3.94. The third kappa shape index (κ3) is 3.32. The van der Waals surface area contributed by atoms with Gasteiger partial charge in [0.25, 0.3) is 5.91 Å². The van der Waals surface area contributed by atoms with Crippen molar-refractivity contribution in [2.45, 2.75) is 31.7 Å². The monoisotopic (exact) mass is 245 g/mol. The Hall–Kier alpha value is -1.84. The van der Waals surface area contributed by atoms with Gasteiger partial charge in [-0.3, -0.25) is 4.79 Å². The highest BCUT2D eigenvalue weighted by molar-refractivity contribution is 5.92. The largest absolute Gasteiger partial charge is 0.380 e. The second-order valence-electron chi connectivity index (χ2n) is 4.56. The second kappa shape index (κ2) is 6.19. The van der Waals surface area contributed by atoms with Gasteiger partial charge in [-0.2, -0.15) is 0 Å². The Morgan fingerprint density at radius 3 is 2.83 bits per heavy atom. The maximum Gasteiger partial charge on any atom is 0.270 e. The Bertz CT molecular complexity index is 408. The van der Waals surface area contributed by atoms with Crippen LogP contribution in [0, 0.1) is 0 Å². The number of carbonyl (C=O) groups excluding carboxylic acids is 1. The summed E-state index contributed by atoms with van der Waals surface area (Å²) in [4.78, 5) is 16.1. The lowest BCUT2D eigenvalue weighted by Crippen LogP contribution is -2.33. The summed E-state index contributed by atoms with van der Waals surface area (Å²) in [6.07, 6.45) is 8.05. The number of anilines is 1. The predicted octanol–water partition coefficient (Wildman–Crippen LogP) is 2.35. The molecular formula is C14H19N3O. The van der Waals surface area contributed by atoms with Gasteiger partial charge in [0.15, 0.2) is 0 Å². The van der Waals surface area contributed by atoms with Gasteiger partial charge in [0.1, 0.15) is 5.69 Å². The number of pyridine rings is 1. The number of rotatable bonds is 5. The zero-order valence-corrected chi connectivity index (χ0v) is 10.5. The van der Waals surface area contributed by atoms with Crippen LogP contribution < -0.4 is 10.6 Å². The molecule has 0 aliphatic heterocycles. The molecule has 1 aliphatic rings. The van der Waals surface area contributed by atoms with E-state index in [4.69, 9.17) is 0 Å². The van der Waals surface area contributed by atoms with Gasteiger partial charge in [0, 0.05) is 12.6 Å². The SMILES string of the molecule is C=CCNc1ccc(C(=O)NC2CCCC2)nc1. The minimum Gasteiger partial charge on any atom is -0.380 e. The van der Waals surface area contributed by atoms with Crippen molar-refractivity contribution in [1.29, 1.82) is 0 Å². The van der Waals surface area contributed by atoms with Gasteiger partial charge in [0.2, 0.25) is 0 Å². The smallest absolute Gasteiger partial charge is 0.270 e. The molecule has 96 valence electrons. The molecule has 0 radical (unpaired) electrons. The van der Waals surface area contributed by atoms with E-state index < -0.39 is 0 Å². The van der Waals surface area contributed by atoms with Crippen molar-refractivity contribution < 1.29 is 4.79 Å². The lowest BCUT2D eigenvalue weighted by Gasteiger charge is -2.11. The van der Waals surface area contributed by atoms with E-state index in [1.807, 2.05) is 6.07 Å². The van der Waals surface area contributed by atoms with Crippen LogP contribution in [0.3, 0.4) is 0 Å². The molecule has 0 saturated heterocycles. The molecule has 1 amide bonds. The molecule has 4 nitrogen and oxygen atoms in total. The van der Waals surface area contributed by atoms with Crippen molar-refractivity contribution in [1.82, 2.24) is 10.3 Å². The summed E-state index contributed by atoms with van der Waals surface area (Å²) in [5.74, 6) is -0.0721. The van der Waals surface area contributed by atoms with Crippen LogP contribution in [0.4, 0.5) is 5.69 Å². The molecule has 1 aliphatic carbocycles. The van der Waals surface area contributed by atoms with Crippen molar-refractivity contribution in [3.05, 3.63) is 36.7 Å². The molecule has 1 fully saturated rings. The van der Waals surface area contributed by atoms with Gasteiger partial charge in [-0.25, -0.2) is 4.98 Å².